The molecule has 0 aliphatic heterocycles. The van der Waals surface area contributed by atoms with E-state index < -0.39 is 17.1 Å². The Morgan fingerprint density at radius 2 is 1.95 bits per heavy atom. The molecule has 0 saturated heterocycles. The van der Waals surface area contributed by atoms with Crippen LogP contribution in [0.2, 0.25) is 0 Å². The first kappa shape index (κ1) is 16.4. The van der Waals surface area contributed by atoms with Crippen molar-refractivity contribution in [2.45, 2.75) is 84.0 Å². The van der Waals surface area contributed by atoms with E-state index >= 15 is 0 Å². The summed E-state index contributed by atoms with van der Waals surface area (Å²) < 4.78 is 5.53. The van der Waals surface area contributed by atoms with E-state index in [0.29, 0.717) is 32.1 Å². The van der Waals surface area contributed by atoms with Gasteiger partial charge in [0.15, 0.2) is 0 Å². The molecule has 2 N–H and O–H groups in total. The number of aliphatic hydroxyl groups excluding tert-OH is 1. The van der Waals surface area contributed by atoms with E-state index in [2.05, 4.69) is 0 Å². The van der Waals surface area contributed by atoms with E-state index in [1.165, 1.54) is 0 Å². The zero-order chi connectivity index (χ0) is 14.7. The van der Waals surface area contributed by atoms with Crippen LogP contribution in [0.15, 0.2) is 0 Å². The maximum absolute atomic E-state index is 12.0. The highest BCUT2D eigenvalue weighted by molar-refractivity contribution is 5.75. The lowest BCUT2D eigenvalue weighted by molar-refractivity contribution is -0.164. The van der Waals surface area contributed by atoms with E-state index in [0.717, 1.165) is 6.42 Å². The van der Waals surface area contributed by atoms with Gasteiger partial charge in [0.1, 0.15) is 6.10 Å². The normalized spacial score (nSPS) is 29.9. The molecule has 1 unspecified atom stereocenters. The highest BCUT2D eigenvalue weighted by Gasteiger charge is 2.37. The second kappa shape index (κ2) is 6.23. The van der Waals surface area contributed by atoms with Crippen molar-refractivity contribution in [3.05, 3.63) is 0 Å². The van der Waals surface area contributed by atoms with Gasteiger partial charge < -0.3 is 14.9 Å². The van der Waals surface area contributed by atoms with Crippen LogP contribution in [0.3, 0.4) is 0 Å². The van der Waals surface area contributed by atoms with Gasteiger partial charge in [0.2, 0.25) is 0 Å². The van der Waals surface area contributed by atoms with Crippen molar-refractivity contribution < 1.29 is 19.7 Å². The topological polar surface area (TPSA) is 66.8 Å². The molecule has 4 nitrogen and oxygen atoms in total. The SMILES string of the molecule is CCC(C)(C)C(=O)OC1CCC(O)(CC(C)O)CC1. The number of rotatable bonds is 5. The molecule has 1 rings (SSSR count). The van der Waals surface area contributed by atoms with Gasteiger partial charge >= 0.3 is 5.97 Å². The summed E-state index contributed by atoms with van der Waals surface area (Å²) in [4.78, 5) is 12.0. The van der Waals surface area contributed by atoms with Crippen LogP contribution in [-0.4, -0.2) is 34.0 Å². The van der Waals surface area contributed by atoms with Gasteiger partial charge in [-0.05, 0) is 52.9 Å². The average Bonchev–Trinajstić information content (AvgIpc) is 2.31. The number of carbonyl (C=O) groups is 1. The standard InChI is InChI=1S/C15H28O4/c1-5-14(3,4)13(17)19-12-6-8-15(18,9-7-12)10-11(2)16/h11-12,16,18H,5-10H2,1-4H3. The maximum Gasteiger partial charge on any atom is 0.311 e. The molecule has 19 heavy (non-hydrogen) atoms. The average molecular weight is 272 g/mol. The predicted molar refractivity (Wildman–Crippen MR) is 73.7 cm³/mol. The van der Waals surface area contributed by atoms with Gasteiger partial charge in [-0.1, -0.05) is 6.92 Å². The molecule has 1 aliphatic carbocycles. The summed E-state index contributed by atoms with van der Waals surface area (Å²) >= 11 is 0. The third-order valence-corrected chi connectivity index (χ3v) is 4.25. The molecule has 1 saturated carbocycles. The molecule has 0 aromatic carbocycles. The van der Waals surface area contributed by atoms with Gasteiger partial charge in [-0.2, -0.15) is 0 Å². The van der Waals surface area contributed by atoms with Crippen LogP contribution in [0.25, 0.3) is 0 Å². The molecule has 4 heteroatoms. The van der Waals surface area contributed by atoms with E-state index in [1.54, 1.807) is 6.92 Å². The minimum Gasteiger partial charge on any atom is -0.462 e. The first-order valence-corrected chi connectivity index (χ1v) is 7.30. The molecular weight excluding hydrogens is 244 g/mol. The smallest absolute Gasteiger partial charge is 0.311 e. The van der Waals surface area contributed by atoms with Crippen LogP contribution in [0, 0.1) is 5.41 Å². The van der Waals surface area contributed by atoms with Crippen molar-refractivity contribution in [1.82, 2.24) is 0 Å². The van der Waals surface area contributed by atoms with Crippen LogP contribution in [0.4, 0.5) is 0 Å². The van der Waals surface area contributed by atoms with E-state index in [4.69, 9.17) is 4.74 Å². The van der Waals surface area contributed by atoms with Crippen LogP contribution < -0.4 is 0 Å². The lowest BCUT2D eigenvalue weighted by Gasteiger charge is -2.37. The second-order valence-electron chi connectivity index (χ2n) is 6.62. The lowest BCUT2D eigenvalue weighted by Crippen LogP contribution is -2.40. The Morgan fingerprint density at radius 3 is 2.37 bits per heavy atom. The van der Waals surface area contributed by atoms with E-state index in [9.17, 15) is 15.0 Å². The number of esters is 1. The van der Waals surface area contributed by atoms with Gasteiger partial charge in [0, 0.05) is 6.42 Å². The van der Waals surface area contributed by atoms with E-state index in [1.807, 2.05) is 20.8 Å². The Hall–Kier alpha value is -0.610. The third kappa shape index (κ3) is 4.77. The minimum atomic E-state index is -0.794. The molecule has 1 aliphatic rings. The first-order chi connectivity index (χ1) is 8.68. The number of hydrogen-bond donors (Lipinski definition) is 2. The molecule has 1 fully saturated rings. The number of hydrogen-bond acceptors (Lipinski definition) is 4. The molecule has 1 atom stereocenters. The fourth-order valence-corrected chi connectivity index (χ4v) is 2.46. The van der Waals surface area contributed by atoms with Crippen molar-refractivity contribution >= 4 is 5.97 Å². The monoisotopic (exact) mass is 272 g/mol. The predicted octanol–water partition coefficient (Wildman–Crippen LogP) is 2.41. The molecule has 0 spiro atoms. The summed E-state index contributed by atoms with van der Waals surface area (Å²) in [5.41, 5.74) is -1.23. The maximum atomic E-state index is 12.0. The highest BCUT2D eigenvalue weighted by Crippen LogP contribution is 2.34. The van der Waals surface area contributed by atoms with Gasteiger partial charge in [0.25, 0.3) is 0 Å². The summed E-state index contributed by atoms with van der Waals surface area (Å²) in [6.07, 6.45) is 3.09. The van der Waals surface area contributed by atoms with Crippen LogP contribution in [0.5, 0.6) is 0 Å². The zero-order valence-corrected chi connectivity index (χ0v) is 12.6. The number of aliphatic hydroxyl groups is 2. The summed E-state index contributed by atoms with van der Waals surface area (Å²) in [5, 5.41) is 19.7. The summed E-state index contributed by atoms with van der Waals surface area (Å²) in [6.45, 7) is 7.45. The Labute approximate surface area is 116 Å². The summed E-state index contributed by atoms with van der Waals surface area (Å²) in [7, 11) is 0. The Kier molecular flexibility index (Phi) is 5.39. The zero-order valence-electron chi connectivity index (χ0n) is 12.6. The first-order valence-electron chi connectivity index (χ1n) is 7.30. The number of carbonyl (C=O) groups excluding carboxylic acids is 1. The quantitative estimate of drug-likeness (QED) is 0.754. The molecule has 0 heterocycles. The van der Waals surface area contributed by atoms with Crippen molar-refractivity contribution in [3.63, 3.8) is 0 Å². The Balaban J connectivity index is 2.45. The number of ether oxygens (including phenoxy) is 1. The molecule has 0 amide bonds. The van der Waals surface area contributed by atoms with Gasteiger partial charge in [0.05, 0.1) is 17.1 Å². The third-order valence-electron chi connectivity index (χ3n) is 4.25. The largest absolute Gasteiger partial charge is 0.462 e. The lowest BCUT2D eigenvalue weighted by atomic mass is 9.80. The van der Waals surface area contributed by atoms with Gasteiger partial charge in [-0.25, -0.2) is 0 Å². The Bertz CT molecular complexity index is 301. The molecule has 0 bridgehead atoms. The van der Waals surface area contributed by atoms with E-state index in [-0.39, 0.29) is 12.1 Å². The van der Waals surface area contributed by atoms with Crippen LogP contribution in [0.1, 0.15) is 66.2 Å². The fourth-order valence-electron chi connectivity index (χ4n) is 2.46. The second-order valence-corrected chi connectivity index (χ2v) is 6.62. The van der Waals surface area contributed by atoms with Crippen molar-refractivity contribution in [1.29, 1.82) is 0 Å². The Morgan fingerprint density at radius 1 is 1.42 bits per heavy atom. The van der Waals surface area contributed by atoms with Gasteiger partial charge in [-0.15, -0.1) is 0 Å². The fraction of sp³-hybridized carbons (Fsp3) is 0.933. The van der Waals surface area contributed by atoms with Crippen molar-refractivity contribution in [2.75, 3.05) is 0 Å². The van der Waals surface area contributed by atoms with Crippen LogP contribution in [-0.2, 0) is 9.53 Å². The molecule has 0 aromatic heterocycles. The molecule has 0 aromatic rings. The van der Waals surface area contributed by atoms with Crippen molar-refractivity contribution in [2.24, 2.45) is 5.41 Å². The minimum absolute atomic E-state index is 0.0902. The molecular formula is C15H28O4. The summed E-state index contributed by atoms with van der Waals surface area (Å²) in [5.74, 6) is -0.152. The van der Waals surface area contributed by atoms with Crippen molar-refractivity contribution in [3.8, 4) is 0 Å². The molecule has 112 valence electrons. The van der Waals surface area contributed by atoms with Crippen LogP contribution >= 0.6 is 0 Å². The molecule has 0 radical (unpaired) electrons. The summed E-state index contributed by atoms with van der Waals surface area (Å²) in [6, 6.07) is 0. The van der Waals surface area contributed by atoms with Gasteiger partial charge in [-0.3, -0.25) is 4.79 Å². The highest BCUT2D eigenvalue weighted by atomic mass is 16.5.